The summed E-state index contributed by atoms with van der Waals surface area (Å²) >= 11 is 0. The summed E-state index contributed by atoms with van der Waals surface area (Å²) in [4.78, 5) is 11.2. The van der Waals surface area contributed by atoms with E-state index in [9.17, 15) is 13.2 Å². The lowest BCUT2D eigenvalue weighted by molar-refractivity contribution is -0.139. The molecule has 6 nitrogen and oxygen atoms in total. The molecule has 1 aliphatic rings. The van der Waals surface area contributed by atoms with Crippen molar-refractivity contribution in [3.63, 3.8) is 0 Å². The van der Waals surface area contributed by atoms with Gasteiger partial charge in [-0.3, -0.25) is 4.79 Å². The van der Waals surface area contributed by atoms with E-state index in [1.165, 1.54) is 18.3 Å². The highest BCUT2D eigenvalue weighted by Gasteiger charge is 2.38. The fourth-order valence-corrected chi connectivity index (χ4v) is 3.24. The van der Waals surface area contributed by atoms with E-state index in [0.717, 1.165) is 6.42 Å². The van der Waals surface area contributed by atoms with Gasteiger partial charge < -0.3 is 10.1 Å². The molecule has 0 aromatic heterocycles. The van der Waals surface area contributed by atoms with E-state index in [-0.39, 0.29) is 6.04 Å². The summed E-state index contributed by atoms with van der Waals surface area (Å²) in [5.74, 6) is -0.715. The molecule has 1 heterocycles. The molecule has 0 bridgehead atoms. The van der Waals surface area contributed by atoms with E-state index in [1.807, 2.05) is 0 Å². The Morgan fingerprint density at radius 2 is 2.19 bits per heavy atom. The Labute approximate surface area is 96.0 Å². The van der Waals surface area contributed by atoms with Gasteiger partial charge in [0, 0.05) is 19.1 Å². The molecular formula is C9H18N2O4S. The number of nitrogens with zero attached hydrogens (tertiary/aromatic N) is 1. The minimum absolute atomic E-state index is 0.166. The third kappa shape index (κ3) is 2.53. The Morgan fingerprint density at radius 1 is 1.56 bits per heavy atom. The Bertz CT molecular complexity index is 355. The van der Waals surface area contributed by atoms with Crippen LogP contribution in [0.25, 0.3) is 0 Å². The van der Waals surface area contributed by atoms with Crippen LogP contribution in [0.1, 0.15) is 13.3 Å². The van der Waals surface area contributed by atoms with Crippen LogP contribution in [-0.2, 0) is 19.6 Å². The van der Waals surface area contributed by atoms with Gasteiger partial charge in [0.2, 0.25) is 10.0 Å². The molecule has 0 aromatic rings. The maximum absolute atomic E-state index is 12.0. The van der Waals surface area contributed by atoms with Gasteiger partial charge in [-0.05, 0) is 20.4 Å². The smallest absolute Gasteiger partial charge is 0.325 e. The molecule has 2 atom stereocenters. The molecule has 0 saturated carbocycles. The fraction of sp³-hybridized carbons (Fsp3) is 0.889. The molecular weight excluding hydrogens is 232 g/mol. The number of carbonyl (C=O) groups is 1. The third-order valence-electron chi connectivity index (χ3n) is 2.90. The molecule has 1 aliphatic heterocycles. The van der Waals surface area contributed by atoms with Crippen LogP contribution in [0.3, 0.4) is 0 Å². The fourth-order valence-electron chi connectivity index (χ4n) is 1.71. The van der Waals surface area contributed by atoms with Crippen molar-refractivity contribution in [2.24, 2.45) is 0 Å². The van der Waals surface area contributed by atoms with Crippen LogP contribution in [0.2, 0.25) is 0 Å². The van der Waals surface area contributed by atoms with Gasteiger partial charge in [0.05, 0.1) is 7.11 Å². The number of hydrogen-bond acceptors (Lipinski definition) is 5. The number of esters is 1. The first-order chi connectivity index (χ1) is 7.43. The van der Waals surface area contributed by atoms with Crippen molar-refractivity contribution >= 4 is 16.0 Å². The van der Waals surface area contributed by atoms with Gasteiger partial charge in [0.15, 0.2) is 5.25 Å². The van der Waals surface area contributed by atoms with E-state index in [2.05, 4.69) is 10.1 Å². The van der Waals surface area contributed by atoms with Crippen LogP contribution in [0.15, 0.2) is 0 Å². The van der Waals surface area contributed by atoms with Crippen LogP contribution >= 0.6 is 0 Å². The highest BCUT2D eigenvalue weighted by Crippen LogP contribution is 2.17. The third-order valence-corrected chi connectivity index (χ3v) is 5.04. The summed E-state index contributed by atoms with van der Waals surface area (Å²) in [6.45, 7) is 2.23. The predicted octanol–water partition coefficient (Wildman–Crippen LogP) is -0.829. The number of ether oxygens (including phenoxy) is 1. The predicted molar refractivity (Wildman–Crippen MR) is 59.4 cm³/mol. The monoisotopic (exact) mass is 250 g/mol. The van der Waals surface area contributed by atoms with Gasteiger partial charge >= 0.3 is 5.97 Å². The SMILES string of the molecule is CNC1CCN(S(=O)(=O)C(C)C(=O)OC)C1. The van der Waals surface area contributed by atoms with Crippen LogP contribution in [0, 0.1) is 0 Å². The number of sulfonamides is 1. The Balaban J connectivity index is 2.75. The van der Waals surface area contributed by atoms with Crippen molar-refractivity contribution < 1.29 is 17.9 Å². The quantitative estimate of drug-likeness (QED) is 0.659. The average Bonchev–Trinajstić information content (AvgIpc) is 2.75. The summed E-state index contributed by atoms with van der Waals surface area (Å²) in [7, 11) is -0.589. The van der Waals surface area contributed by atoms with E-state index in [1.54, 1.807) is 7.05 Å². The molecule has 94 valence electrons. The molecule has 0 amide bonds. The molecule has 1 rings (SSSR count). The number of nitrogens with one attached hydrogen (secondary N) is 1. The van der Waals surface area contributed by atoms with Crippen molar-refractivity contribution in [1.82, 2.24) is 9.62 Å². The van der Waals surface area contributed by atoms with Crippen LogP contribution in [0.5, 0.6) is 0 Å². The van der Waals surface area contributed by atoms with Gasteiger partial charge in [-0.15, -0.1) is 0 Å². The van der Waals surface area contributed by atoms with Crippen LogP contribution < -0.4 is 5.32 Å². The van der Waals surface area contributed by atoms with Crippen LogP contribution in [0.4, 0.5) is 0 Å². The van der Waals surface area contributed by atoms with E-state index < -0.39 is 21.2 Å². The number of carbonyl (C=O) groups excluding carboxylic acids is 1. The zero-order valence-electron chi connectivity index (χ0n) is 9.76. The maximum atomic E-state index is 12.0. The summed E-state index contributed by atoms with van der Waals surface area (Å²) in [6, 6.07) is 0.166. The standard InChI is InChI=1S/C9H18N2O4S/c1-7(9(12)15-3)16(13,14)11-5-4-8(6-11)10-2/h7-8,10H,4-6H2,1-3H3. The van der Waals surface area contributed by atoms with Crippen LogP contribution in [-0.4, -0.2) is 57.2 Å². The summed E-state index contributed by atoms with van der Waals surface area (Å²) in [5.41, 5.74) is 0. The number of rotatable bonds is 4. The first kappa shape index (κ1) is 13.4. The van der Waals surface area contributed by atoms with E-state index in [0.29, 0.717) is 13.1 Å². The molecule has 0 aliphatic carbocycles. The average molecular weight is 250 g/mol. The summed E-state index contributed by atoms with van der Waals surface area (Å²) < 4.78 is 29.8. The maximum Gasteiger partial charge on any atom is 0.325 e. The van der Waals surface area contributed by atoms with Gasteiger partial charge in [-0.1, -0.05) is 0 Å². The van der Waals surface area contributed by atoms with Gasteiger partial charge in [-0.25, -0.2) is 8.42 Å². The van der Waals surface area contributed by atoms with Gasteiger partial charge in [0.1, 0.15) is 0 Å². The highest BCUT2D eigenvalue weighted by molar-refractivity contribution is 7.90. The largest absolute Gasteiger partial charge is 0.468 e. The molecule has 1 fully saturated rings. The molecule has 1 N–H and O–H groups in total. The number of methoxy groups -OCH3 is 1. The van der Waals surface area contributed by atoms with Crippen molar-refractivity contribution in [3.05, 3.63) is 0 Å². The number of hydrogen-bond donors (Lipinski definition) is 1. The van der Waals surface area contributed by atoms with Crippen molar-refractivity contribution in [1.29, 1.82) is 0 Å². The van der Waals surface area contributed by atoms with Gasteiger partial charge in [0.25, 0.3) is 0 Å². The highest BCUT2D eigenvalue weighted by atomic mass is 32.2. The normalized spacial score (nSPS) is 24.3. The zero-order chi connectivity index (χ0) is 12.3. The molecule has 0 aromatic carbocycles. The molecule has 0 radical (unpaired) electrons. The lowest BCUT2D eigenvalue weighted by atomic mass is 10.3. The lowest BCUT2D eigenvalue weighted by Gasteiger charge is -2.19. The Hall–Kier alpha value is -0.660. The minimum Gasteiger partial charge on any atom is -0.468 e. The second-order valence-electron chi connectivity index (χ2n) is 3.84. The lowest BCUT2D eigenvalue weighted by Crippen LogP contribution is -2.41. The van der Waals surface area contributed by atoms with E-state index in [4.69, 9.17) is 0 Å². The van der Waals surface area contributed by atoms with Crippen molar-refractivity contribution in [2.75, 3.05) is 27.2 Å². The Kier molecular flexibility index (Phi) is 4.28. The minimum atomic E-state index is -3.57. The van der Waals surface area contributed by atoms with Crippen molar-refractivity contribution in [2.45, 2.75) is 24.6 Å². The second kappa shape index (κ2) is 5.11. The second-order valence-corrected chi connectivity index (χ2v) is 6.10. The van der Waals surface area contributed by atoms with Gasteiger partial charge in [-0.2, -0.15) is 4.31 Å². The Morgan fingerprint density at radius 3 is 2.62 bits per heavy atom. The molecule has 16 heavy (non-hydrogen) atoms. The molecule has 0 spiro atoms. The summed E-state index contributed by atoms with van der Waals surface area (Å²) in [5, 5.41) is 1.89. The topological polar surface area (TPSA) is 75.7 Å². The molecule has 1 saturated heterocycles. The molecule has 2 unspecified atom stereocenters. The van der Waals surface area contributed by atoms with E-state index >= 15 is 0 Å². The first-order valence-electron chi connectivity index (χ1n) is 5.17. The summed E-state index contributed by atoms with van der Waals surface area (Å²) in [6.07, 6.45) is 0.767. The van der Waals surface area contributed by atoms with Crippen molar-refractivity contribution in [3.8, 4) is 0 Å². The molecule has 7 heteroatoms. The number of likely N-dealkylation sites (N-methyl/N-ethyl adjacent to an activating group) is 1. The zero-order valence-corrected chi connectivity index (χ0v) is 10.6. The first-order valence-corrected chi connectivity index (χ1v) is 6.67.